The van der Waals surface area contributed by atoms with Crippen molar-refractivity contribution in [2.75, 3.05) is 0 Å². The van der Waals surface area contributed by atoms with Crippen LogP contribution < -0.4 is 0 Å². The lowest BCUT2D eigenvalue weighted by Crippen LogP contribution is -2.16. The molecule has 0 amide bonds. The van der Waals surface area contributed by atoms with E-state index in [9.17, 15) is 19.4 Å². The Kier molecular flexibility index (Phi) is 5.66. The minimum atomic E-state index is -4.22. The predicted molar refractivity (Wildman–Crippen MR) is 85.0 cm³/mol. The fraction of sp³-hybridized carbons (Fsp3) is 0.250. The van der Waals surface area contributed by atoms with Crippen molar-refractivity contribution in [3.63, 3.8) is 0 Å². The lowest BCUT2D eigenvalue weighted by molar-refractivity contribution is -0.145. The van der Waals surface area contributed by atoms with Crippen molar-refractivity contribution < 1.29 is 23.9 Å². The maximum Gasteiger partial charge on any atom is 0.338 e. The molecule has 23 heavy (non-hydrogen) atoms. The summed E-state index contributed by atoms with van der Waals surface area (Å²) in [6, 6.07) is 11.4. The van der Waals surface area contributed by atoms with E-state index in [1.807, 2.05) is 0 Å². The summed E-state index contributed by atoms with van der Waals surface area (Å²) in [6.07, 6.45) is 1.86. The topological polar surface area (TPSA) is 96.7 Å². The SMILES string of the molecule is CCC(c1cccnc1)P(=O)(O)OC(C(=O)O)c1ccccc1. The normalized spacial score (nSPS) is 16.3. The van der Waals surface area contributed by atoms with E-state index >= 15 is 0 Å². The Labute approximate surface area is 134 Å². The van der Waals surface area contributed by atoms with Crippen molar-refractivity contribution in [1.29, 1.82) is 0 Å². The molecule has 0 aliphatic rings. The van der Waals surface area contributed by atoms with Crippen LogP contribution in [0.2, 0.25) is 0 Å². The quantitative estimate of drug-likeness (QED) is 0.751. The summed E-state index contributed by atoms with van der Waals surface area (Å²) in [5.41, 5.74) is 0.0233. The molecule has 0 saturated carbocycles. The highest BCUT2D eigenvalue weighted by molar-refractivity contribution is 7.53. The maximum absolute atomic E-state index is 12.7. The molecule has 2 N–H and O–H groups in total. The van der Waals surface area contributed by atoms with Crippen LogP contribution in [-0.2, 0) is 13.9 Å². The van der Waals surface area contributed by atoms with Gasteiger partial charge in [-0.15, -0.1) is 0 Å². The molecule has 0 radical (unpaired) electrons. The van der Waals surface area contributed by atoms with Crippen molar-refractivity contribution >= 4 is 13.6 Å². The van der Waals surface area contributed by atoms with Crippen LogP contribution in [0.4, 0.5) is 0 Å². The van der Waals surface area contributed by atoms with Gasteiger partial charge in [0.2, 0.25) is 0 Å². The minimum absolute atomic E-state index is 0.315. The zero-order valence-corrected chi connectivity index (χ0v) is 13.5. The Hall–Kier alpha value is -2.01. The number of benzene rings is 1. The van der Waals surface area contributed by atoms with Crippen molar-refractivity contribution in [2.24, 2.45) is 0 Å². The summed E-state index contributed by atoms with van der Waals surface area (Å²) < 4.78 is 17.9. The molecule has 1 aromatic heterocycles. The van der Waals surface area contributed by atoms with Gasteiger partial charge in [-0.3, -0.25) is 14.1 Å². The van der Waals surface area contributed by atoms with Gasteiger partial charge in [0.25, 0.3) is 0 Å². The van der Waals surface area contributed by atoms with Crippen LogP contribution in [0.3, 0.4) is 0 Å². The summed E-state index contributed by atoms with van der Waals surface area (Å²) in [5, 5.41) is 9.35. The van der Waals surface area contributed by atoms with Crippen molar-refractivity contribution in [2.45, 2.75) is 25.1 Å². The molecule has 2 aromatic rings. The molecular formula is C16H18NO5P. The molecule has 0 bridgehead atoms. The van der Waals surface area contributed by atoms with Gasteiger partial charge in [0.05, 0.1) is 5.66 Å². The Morgan fingerprint density at radius 1 is 1.22 bits per heavy atom. The Balaban J connectivity index is 2.30. The van der Waals surface area contributed by atoms with E-state index in [1.165, 1.54) is 6.20 Å². The highest BCUT2D eigenvalue weighted by atomic mass is 31.2. The van der Waals surface area contributed by atoms with Gasteiger partial charge in [-0.25, -0.2) is 4.79 Å². The van der Waals surface area contributed by atoms with E-state index < -0.39 is 25.3 Å². The van der Waals surface area contributed by atoms with Crippen LogP contribution in [0.25, 0.3) is 0 Å². The third-order valence-electron chi connectivity index (χ3n) is 3.43. The van der Waals surface area contributed by atoms with Gasteiger partial charge in [0.15, 0.2) is 6.10 Å². The number of carboxylic acid groups (broad SMARTS) is 1. The molecule has 0 saturated heterocycles. The van der Waals surface area contributed by atoms with Crippen LogP contribution in [0.15, 0.2) is 54.9 Å². The van der Waals surface area contributed by atoms with E-state index in [4.69, 9.17) is 4.52 Å². The van der Waals surface area contributed by atoms with E-state index in [2.05, 4.69) is 4.98 Å². The van der Waals surface area contributed by atoms with Gasteiger partial charge in [-0.2, -0.15) is 0 Å². The summed E-state index contributed by atoms with van der Waals surface area (Å²) in [4.78, 5) is 25.7. The second-order valence-electron chi connectivity index (χ2n) is 5.01. The van der Waals surface area contributed by atoms with Crippen LogP contribution in [-0.4, -0.2) is 21.0 Å². The summed E-state index contributed by atoms with van der Waals surface area (Å²) >= 11 is 0. The van der Waals surface area contributed by atoms with Gasteiger partial charge in [0, 0.05) is 12.4 Å². The molecule has 0 spiro atoms. The molecule has 0 aliphatic heterocycles. The average molecular weight is 335 g/mol. The zero-order chi connectivity index (χ0) is 16.9. The Bertz CT molecular complexity index is 692. The van der Waals surface area contributed by atoms with Crippen LogP contribution in [0.1, 0.15) is 36.2 Å². The number of carboxylic acids is 1. The second-order valence-corrected chi connectivity index (χ2v) is 6.97. The van der Waals surface area contributed by atoms with Gasteiger partial charge in [-0.1, -0.05) is 43.3 Å². The maximum atomic E-state index is 12.7. The van der Waals surface area contributed by atoms with Gasteiger partial charge < -0.3 is 10.00 Å². The lowest BCUT2D eigenvalue weighted by Gasteiger charge is -2.24. The number of aromatic nitrogens is 1. The molecule has 0 aliphatic carbocycles. The van der Waals surface area contributed by atoms with E-state index in [-0.39, 0.29) is 0 Å². The number of hydrogen-bond donors (Lipinski definition) is 2. The number of pyridine rings is 1. The molecule has 7 heteroatoms. The minimum Gasteiger partial charge on any atom is -0.479 e. The molecule has 0 fully saturated rings. The fourth-order valence-electron chi connectivity index (χ4n) is 2.33. The van der Waals surface area contributed by atoms with Crippen LogP contribution in [0, 0.1) is 0 Å². The molecule has 122 valence electrons. The lowest BCUT2D eigenvalue weighted by atomic mass is 10.1. The first-order valence-electron chi connectivity index (χ1n) is 7.14. The average Bonchev–Trinajstić information content (AvgIpc) is 2.55. The highest BCUT2D eigenvalue weighted by Gasteiger charge is 2.38. The number of carbonyl (C=O) groups is 1. The summed E-state index contributed by atoms with van der Waals surface area (Å²) in [6.45, 7) is 1.74. The van der Waals surface area contributed by atoms with E-state index in [1.54, 1.807) is 55.6 Å². The molecule has 3 unspecified atom stereocenters. The Morgan fingerprint density at radius 3 is 2.39 bits per heavy atom. The van der Waals surface area contributed by atoms with Crippen molar-refractivity contribution in [1.82, 2.24) is 4.98 Å². The van der Waals surface area contributed by atoms with Crippen LogP contribution >= 0.6 is 7.60 Å². The molecule has 1 aromatic carbocycles. The zero-order valence-electron chi connectivity index (χ0n) is 12.6. The first kappa shape index (κ1) is 17.3. The molecule has 2 rings (SSSR count). The smallest absolute Gasteiger partial charge is 0.338 e. The number of aliphatic carboxylic acids is 1. The molecule has 6 nitrogen and oxygen atoms in total. The van der Waals surface area contributed by atoms with E-state index in [0.29, 0.717) is 17.5 Å². The predicted octanol–water partition coefficient (Wildman–Crippen LogP) is 3.56. The third-order valence-corrected chi connectivity index (χ3v) is 5.40. The highest BCUT2D eigenvalue weighted by Crippen LogP contribution is 2.60. The largest absolute Gasteiger partial charge is 0.479 e. The molecule has 3 atom stereocenters. The summed E-state index contributed by atoms with van der Waals surface area (Å²) in [5.74, 6) is -1.31. The van der Waals surface area contributed by atoms with Crippen LogP contribution in [0.5, 0.6) is 0 Å². The third kappa shape index (κ3) is 4.26. The van der Waals surface area contributed by atoms with Gasteiger partial charge in [0.1, 0.15) is 0 Å². The van der Waals surface area contributed by atoms with Gasteiger partial charge >= 0.3 is 13.6 Å². The molecular weight excluding hydrogens is 317 g/mol. The first-order chi connectivity index (χ1) is 11.0. The fourth-order valence-corrected chi connectivity index (χ4v) is 3.98. The standard InChI is InChI=1S/C16H18NO5P/c1-2-14(13-9-6-10-17-11-13)23(20,21)22-15(16(18)19)12-7-4-3-5-8-12/h3-11,14-15H,2H2,1H3,(H,18,19)(H,20,21). The summed E-state index contributed by atoms with van der Waals surface area (Å²) in [7, 11) is -4.22. The second kappa shape index (κ2) is 7.51. The monoisotopic (exact) mass is 335 g/mol. The van der Waals surface area contributed by atoms with Crippen molar-refractivity contribution in [3.8, 4) is 0 Å². The first-order valence-corrected chi connectivity index (χ1v) is 8.79. The number of nitrogens with zero attached hydrogens (tertiary/aromatic N) is 1. The number of rotatable bonds is 7. The van der Waals surface area contributed by atoms with Crippen molar-refractivity contribution in [3.05, 3.63) is 66.0 Å². The number of hydrogen-bond acceptors (Lipinski definition) is 4. The Morgan fingerprint density at radius 2 is 1.87 bits per heavy atom. The van der Waals surface area contributed by atoms with Gasteiger partial charge in [-0.05, 0) is 23.6 Å². The van der Waals surface area contributed by atoms with E-state index in [0.717, 1.165) is 0 Å². The molecule has 1 heterocycles.